The summed E-state index contributed by atoms with van der Waals surface area (Å²) in [6, 6.07) is 14.4. The molecule has 104 valence electrons. The third-order valence-electron chi connectivity index (χ3n) is 2.96. The van der Waals surface area contributed by atoms with Gasteiger partial charge in [-0.1, -0.05) is 47.5 Å². The van der Waals surface area contributed by atoms with Gasteiger partial charge in [0.05, 0.1) is 0 Å². The number of carboxylic acid groups (broad SMARTS) is 1. The number of halogens is 1. The van der Waals surface area contributed by atoms with Crippen LogP contribution in [0.15, 0.2) is 48.5 Å². The molecule has 0 amide bonds. The third kappa shape index (κ3) is 3.75. The van der Waals surface area contributed by atoms with Gasteiger partial charge in [0.2, 0.25) is 0 Å². The molecular formula is C16H15ClO3. The summed E-state index contributed by atoms with van der Waals surface area (Å²) >= 11 is 5.86. The number of benzene rings is 2. The summed E-state index contributed by atoms with van der Waals surface area (Å²) in [7, 11) is 0. The van der Waals surface area contributed by atoms with Crippen LogP contribution in [0.25, 0.3) is 0 Å². The fraction of sp³-hybridized carbons (Fsp3) is 0.188. The van der Waals surface area contributed by atoms with E-state index >= 15 is 0 Å². The molecule has 0 aliphatic rings. The van der Waals surface area contributed by atoms with Crippen molar-refractivity contribution >= 4 is 17.6 Å². The lowest BCUT2D eigenvalue weighted by Gasteiger charge is -2.14. The molecule has 4 heteroatoms. The van der Waals surface area contributed by atoms with Crippen molar-refractivity contribution in [2.24, 2.45) is 0 Å². The summed E-state index contributed by atoms with van der Waals surface area (Å²) in [5.41, 5.74) is 1.76. The van der Waals surface area contributed by atoms with Gasteiger partial charge in [0.1, 0.15) is 18.3 Å². The zero-order chi connectivity index (χ0) is 14.5. The van der Waals surface area contributed by atoms with Crippen LogP contribution in [0.4, 0.5) is 0 Å². The molecule has 0 spiro atoms. The Labute approximate surface area is 122 Å². The second-order valence-electron chi connectivity index (χ2n) is 4.57. The zero-order valence-corrected chi connectivity index (χ0v) is 11.8. The first-order valence-electron chi connectivity index (χ1n) is 6.24. The minimum Gasteiger partial charge on any atom is -0.492 e. The molecule has 0 heterocycles. The van der Waals surface area contributed by atoms with E-state index in [1.54, 1.807) is 30.3 Å². The van der Waals surface area contributed by atoms with Crippen LogP contribution in [-0.2, 0) is 4.79 Å². The number of rotatable bonds is 5. The largest absolute Gasteiger partial charge is 0.492 e. The second-order valence-corrected chi connectivity index (χ2v) is 5.01. The molecule has 2 rings (SSSR count). The Morgan fingerprint density at radius 3 is 2.65 bits per heavy atom. The Bertz CT molecular complexity index is 610. The summed E-state index contributed by atoms with van der Waals surface area (Å²) in [5.74, 6) is -1.04. The zero-order valence-electron chi connectivity index (χ0n) is 11.0. The average molecular weight is 291 g/mol. The molecule has 3 nitrogen and oxygen atoms in total. The van der Waals surface area contributed by atoms with Crippen LogP contribution in [0, 0.1) is 6.92 Å². The highest BCUT2D eigenvalue weighted by molar-refractivity contribution is 6.30. The average Bonchev–Trinajstić information content (AvgIpc) is 2.38. The van der Waals surface area contributed by atoms with E-state index in [2.05, 4.69) is 0 Å². The number of carboxylic acids is 1. The molecule has 20 heavy (non-hydrogen) atoms. The van der Waals surface area contributed by atoms with Gasteiger partial charge < -0.3 is 9.84 Å². The van der Waals surface area contributed by atoms with E-state index < -0.39 is 11.9 Å². The van der Waals surface area contributed by atoms with E-state index in [-0.39, 0.29) is 6.61 Å². The van der Waals surface area contributed by atoms with Crippen molar-refractivity contribution in [3.8, 4) is 5.75 Å². The van der Waals surface area contributed by atoms with Gasteiger partial charge in [-0.2, -0.15) is 0 Å². The van der Waals surface area contributed by atoms with Crippen molar-refractivity contribution in [1.82, 2.24) is 0 Å². The SMILES string of the molecule is Cc1cccc(C(COc2cccc(Cl)c2)C(=O)O)c1. The van der Waals surface area contributed by atoms with Crippen molar-refractivity contribution in [3.05, 3.63) is 64.7 Å². The highest BCUT2D eigenvalue weighted by atomic mass is 35.5. The summed E-state index contributed by atoms with van der Waals surface area (Å²) < 4.78 is 5.54. The maximum atomic E-state index is 11.4. The Kier molecular flexibility index (Phi) is 4.64. The molecule has 0 fully saturated rings. The standard InChI is InChI=1S/C16H15ClO3/c1-11-4-2-5-12(8-11)15(16(18)19)10-20-14-7-3-6-13(17)9-14/h2-9,15H,10H2,1H3,(H,18,19). The molecule has 0 saturated carbocycles. The molecule has 1 unspecified atom stereocenters. The maximum absolute atomic E-state index is 11.4. The van der Waals surface area contributed by atoms with Crippen LogP contribution in [0.1, 0.15) is 17.0 Å². The lowest BCUT2D eigenvalue weighted by atomic mass is 9.98. The topological polar surface area (TPSA) is 46.5 Å². The molecule has 2 aromatic rings. The summed E-state index contributed by atoms with van der Waals surface area (Å²) in [4.78, 5) is 11.4. The van der Waals surface area contributed by atoms with Crippen molar-refractivity contribution < 1.29 is 14.6 Å². The van der Waals surface area contributed by atoms with Crippen molar-refractivity contribution in [2.75, 3.05) is 6.61 Å². The Balaban J connectivity index is 2.13. The number of aliphatic carboxylic acids is 1. The molecule has 0 aromatic heterocycles. The number of carbonyl (C=O) groups is 1. The molecule has 0 aliphatic heterocycles. The molecule has 0 aliphatic carbocycles. The minimum atomic E-state index is -0.905. The van der Waals surface area contributed by atoms with Crippen LogP contribution in [0.2, 0.25) is 5.02 Å². The highest BCUT2D eigenvalue weighted by Crippen LogP contribution is 2.22. The fourth-order valence-electron chi connectivity index (χ4n) is 1.93. The van der Waals surface area contributed by atoms with Crippen LogP contribution >= 0.6 is 11.6 Å². The molecule has 0 radical (unpaired) electrons. The maximum Gasteiger partial charge on any atom is 0.314 e. The molecular weight excluding hydrogens is 276 g/mol. The number of ether oxygens (including phenoxy) is 1. The Hall–Kier alpha value is -2.00. The van der Waals surface area contributed by atoms with E-state index in [1.165, 1.54) is 0 Å². The number of hydrogen-bond donors (Lipinski definition) is 1. The van der Waals surface area contributed by atoms with Gasteiger partial charge in [0.15, 0.2) is 0 Å². The molecule has 0 saturated heterocycles. The van der Waals surface area contributed by atoms with Crippen LogP contribution in [0.3, 0.4) is 0 Å². The van der Waals surface area contributed by atoms with E-state index in [0.717, 1.165) is 11.1 Å². The first-order valence-corrected chi connectivity index (χ1v) is 6.62. The van der Waals surface area contributed by atoms with E-state index in [0.29, 0.717) is 10.8 Å². The molecule has 0 bridgehead atoms. The fourth-order valence-corrected chi connectivity index (χ4v) is 2.11. The minimum absolute atomic E-state index is 0.0686. The second kappa shape index (κ2) is 6.44. The Morgan fingerprint density at radius 2 is 2.00 bits per heavy atom. The first kappa shape index (κ1) is 14.4. The highest BCUT2D eigenvalue weighted by Gasteiger charge is 2.20. The number of aryl methyl sites for hydroxylation is 1. The first-order chi connectivity index (χ1) is 9.56. The normalized spacial score (nSPS) is 11.9. The summed E-state index contributed by atoms with van der Waals surface area (Å²) in [5, 5.41) is 9.90. The number of hydrogen-bond acceptors (Lipinski definition) is 2. The van der Waals surface area contributed by atoms with Crippen molar-refractivity contribution in [3.63, 3.8) is 0 Å². The summed E-state index contributed by atoms with van der Waals surface area (Å²) in [6.07, 6.45) is 0. The smallest absolute Gasteiger partial charge is 0.314 e. The quantitative estimate of drug-likeness (QED) is 0.908. The van der Waals surface area contributed by atoms with Crippen LogP contribution < -0.4 is 4.74 Å². The summed E-state index contributed by atoms with van der Waals surface area (Å²) in [6.45, 7) is 2.00. The van der Waals surface area contributed by atoms with Gasteiger partial charge in [-0.3, -0.25) is 4.79 Å². The molecule has 1 atom stereocenters. The molecule has 1 N–H and O–H groups in total. The Morgan fingerprint density at radius 1 is 1.25 bits per heavy atom. The van der Waals surface area contributed by atoms with Gasteiger partial charge in [-0.05, 0) is 30.7 Å². The molecule has 2 aromatic carbocycles. The van der Waals surface area contributed by atoms with Crippen molar-refractivity contribution in [1.29, 1.82) is 0 Å². The van der Waals surface area contributed by atoms with Gasteiger partial charge in [-0.15, -0.1) is 0 Å². The predicted molar refractivity (Wildman–Crippen MR) is 78.5 cm³/mol. The van der Waals surface area contributed by atoms with Crippen molar-refractivity contribution in [2.45, 2.75) is 12.8 Å². The van der Waals surface area contributed by atoms with Gasteiger partial charge >= 0.3 is 5.97 Å². The van der Waals surface area contributed by atoms with Crippen LogP contribution in [-0.4, -0.2) is 17.7 Å². The van der Waals surface area contributed by atoms with E-state index in [1.807, 2.05) is 25.1 Å². The van der Waals surface area contributed by atoms with Crippen LogP contribution in [0.5, 0.6) is 5.75 Å². The monoisotopic (exact) mass is 290 g/mol. The van der Waals surface area contributed by atoms with Gasteiger partial charge in [-0.25, -0.2) is 0 Å². The van der Waals surface area contributed by atoms with Gasteiger partial charge in [0.25, 0.3) is 0 Å². The third-order valence-corrected chi connectivity index (χ3v) is 3.19. The lowest BCUT2D eigenvalue weighted by Crippen LogP contribution is -2.19. The lowest BCUT2D eigenvalue weighted by molar-refractivity contribution is -0.139. The predicted octanol–water partition coefficient (Wildman–Crippen LogP) is 3.90. The van der Waals surface area contributed by atoms with E-state index in [4.69, 9.17) is 16.3 Å². The van der Waals surface area contributed by atoms with Gasteiger partial charge in [0, 0.05) is 5.02 Å². The van der Waals surface area contributed by atoms with E-state index in [9.17, 15) is 9.90 Å².